The molecule has 16 heteroatoms. The molecule has 0 aromatic rings. The lowest BCUT2D eigenvalue weighted by atomic mass is 10.2. The Morgan fingerprint density at radius 3 is 0.824 bits per heavy atom. The Labute approximate surface area is 320 Å². The molecule has 0 saturated carbocycles. The van der Waals surface area contributed by atoms with Crippen LogP contribution in [0.15, 0.2) is 0 Å². The third kappa shape index (κ3) is 47.7. The van der Waals surface area contributed by atoms with Gasteiger partial charge in [-0.25, -0.2) is 0 Å². The Kier molecular flexibility index (Phi) is 47.4. The molecular formula is C35H69IO15. The molecule has 0 rings (SSSR count). The molecule has 0 amide bonds. The van der Waals surface area contributed by atoms with E-state index in [2.05, 4.69) is 22.6 Å². The van der Waals surface area contributed by atoms with Crippen LogP contribution in [-0.4, -0.2) is 189 Å². The van der Waals surface area contributed by atoms with E-state index in [9.17, 15) is 4.79 Å². The molecular weight excluding hydrogens is 787 g/mol. The zero-order valence-electron chi connectivity index (χ0n) is 31.3. The summed E-state index contributed by atoms with van der Waals surface area (Å²) in [5.41, 5.74) is 0. The maximum absolute atomic E-state index is 11.2. The first kappa shape index (κ1) is 50.7. The van der Waals surface area contributed by atoms with E-state index >= 15 is 0 Å². The Bertz CT molecular complexity index is 654. The molecule has 0 aliphatic carbocycles. The van der Waals surface area contributed by atoms with Crippen molar-refractivity contribution in [3.05, 3.63) is 0 Å². The monoisotopic (exact) mass is 856 g/mol. The molecule has 0 bridgehead atoms. The van der Waals surface area contributed by atoms with E-state index < -0.39 is 0 Å². The smallest absolute Gasteiger partial charge is 0.308 e. The van der Waals surface area contributed by atoms with Gasteiger partial charge in [0.1, 0.15) is 0 Å². The van der Waals surface area contributed by atoms with Crippen LogP contribution in [0.3, 0.4) is 0 Å². The van der Waals surface area contributed by atoms with Gasteiger partial charge in [-0.15, -0.1) is 0 Å². The number of halogens is 1. The molecule has 0 unspecified atom stereocenters. The van der Waals surface area contributed by atoms with Crippen LogP contribution in [0.2, 0.25) is 0 Å². The number of rotatable bonds is 46. The Balaban J connectivity index is 3.06. The molecule has 0 saturated heterocycles. The Morgan fingerprint density at radius 1 is 0.333 bits per heavy atom. The van der Waals surface area contributed by atoms with Crippen molar-refractivity contribution in [3.63, 3.8) is 0 Å². The van der Waals surface area contributed by atoms with Gasteiger partial charge in [0, 0.05) is 6.61 Å². The van der Waals surface area contributed by atoms with Gasteiger partial charge in [-0.3, -0.25) is 4.79 Å². The summed E-state index contributed by atoms with van der Waals surface area (Å²) >= 11 is 2.42. The summed E-state index contributed by atoms with van der Waals surface area (Å²) in [5.74, 6) is -0.251. The zero-order chi connectivity index (χ0) is 36.8. The minimum atomic E-state index is -0.251. The maximum Gasteiger partial charge on any atom is 0.308 e. The molecule has 0 aliphatic rings. The van der Waals surface area contributed by atoms with E-state index in [1.54, 1.807) is 6.92 Å². The lowest BCUT2D eigenvalue weighted by Crippen LogP contribution is -2.15. The summed E-state index contributed by atoms with van der Waals surface area (Å²) < 4.78 is 77.1. The highest BCUT2D eigenvalue weighted by molar-refractivity contribution is 14.1. The Hall–Kier alpha value is -0.320. The van der Waals surface area contributed by atoms with E-state index in [-0.39, 0.29) is 12.4 Å². The zero-order valence-corrected chi connectivity index (χ0v) is 33.5. The van der Waals surface area contributed by atoms with Gasteiger partial charge in [0.05, 0.1) is 178 Å². The first-order chi connectivity index (χ1) is 25.3. The number of carbonyl (C=O) groups excluding carboxylic acids is 1. The van der Waals surface area contributed by atoms with Crippen molar-refractivity contribution in [1.82, 2.24) is 0 Å². The average molecular weight is 857 g/mol. The highest BCUT2D eigenvalue weighted by atomic mass is 127. The van der Waals surface area contributed by atoms with E-state index in [4.69, 9.17) is 66.3 Å². The highest BCUT2D eigenvalue weighted by Crippen LogP contribution is 2.02. The van der Waals surface area contributed by atoms with E-state index in [1.807, 2.05) is 0 Å². The molecule has 0 fully saturated rings. The van der Waals surface area contributed by atoms with Crippen LogP contribution in [0.25, 0.3) is 0 Å². The lowest BCUT2D eigenvalue weighted by Gasteiger charge is -2.09. The third-order valence-corrected chi connectivity index (χ3v) is 7.16. The molecule has 0 atom stereocenters. The summed E-state index contributed by atoms with van der Waals surface area (Å²) in [6, 6.07) is 0. The van der Waals surface area contributed by atoms with Crippen LogP contribution >= 0.6 is 22.6 Å². The molecule has 0 radical (unpaired) electrons. The Morgan fingerprint density at radius 2 is 0.569 bits per heavy atom. The predicted octanol–water partition coefficient (Wildman–Crippen LogP) is 3.15. The van der Waals surface area contributed by atoms with Crippen molar-refractivity contribution in [2.45, 2.75) is 39.0 Å². The van der Waals surface area contributed by atoms with E-state index in [0.717, 1.165) is 13.0 Å². The molecule has 15 nitrogen and oxygen atoms in total. The molecule has 0 N–H and O–H groups in total. The third-order valence-electron chi connectivity index (χ3n) is 6.39. The van der Waals surface area contributed by atoms with Crippen LogP contribution in [0.4, 0.5) is 0 Å². The predicted molar refractivity (Wildman–Crippen MR) is 199 cm³/mol. The summed E-state index contributed by atoms with van der Waals surface area (Å²) in [7, 11) is 0. The second-order valence-electron chi connectivity index (χ2n) is 10.6. The van der Waals surface area contributed by atoms with E-state index in [0.29, 0.717) is 172 Å². The summed E-state index contributed by atoms with van der Waals surface area (Å²) in [6.07, 6.45) is 5.22. The standard InChI is InChI=1S/C35H69IO15/c1-2-51-35(37)7-10-39-12-14-41-16-18-43-20-22-45-24-26-47-28-30-49-32-34-50-33-31-48-29-27-46-25-23-44-21-19-42-17-15-40-13-11-38-9-6-4-3-5-8-36/h2-34H2,1H3. The first-order valence-electron chi connectivity index (χ1n) is 18.5. The summed E-state index contributed by atoms with van der Waals surface area (Å²) in [5, 5.41) is 0. The highest BCUT2D eigenvalue weighted by Gasteiger charge is 2.01. The van der Waals surface area contributed by atoms with E-state index in [1.165, 1.54) is 23.7 Å². The SMILES string of the molecule is CCOC(=O)CCOCCOCCOCCOCCOCCOCCOCCOCCOCCOCCOCCOCCOCCCCCCI. The second kappa shape index (κ2) is 47.7. The van der Waals surface area contributed by atoms with Gasteiger partial charge in [-0.2, -0.15) is 0 Å². The topological polar surface area (TPSA) is 146 Å². The number of esters is 1. The van der Waals surface area contributed by atoms with Gasteiger partial charge in [0.15, 0.2) is 0 Å². The lowest BCUT2D eigenvalue weighted by molar-refractivity contribution is -0.144. The van der Waals surface area contributed by atoms with Crippen molar-refractivity contribution in [2.24, 2.45) is 0 Å². The molecule has 0 aromatic heterocycles. The van der Waals surface area contributed by atoms with Gasteiger partial charge in [-0.1, -0.05) is 35.4 Å². The number of ether oxygens (including phenoxy) is 14. The van der Waals surface area contributed by atoms with Crippen LogP contribution < -0.4 is 0 Å². The fourth-order valence-corrected chi connectivity index (χ4v) is 4.32. The number of hydrogen-bond acceptors (Lipinski definition) is 15. The number of carbonyl (C=O) groups is 1. The molecule has 306 valence electrons. The van der Waals surface area contributed by atoms with Crippen molar-refractivity contribution < 1.29 is 71.1 Å². The minimum Gasteiger partial charge on any atom is -0.466 e. The van der Waals surface area contributed by atoms with Gasteiger partial charge in [0.25, 0.3) is 0 Å². The van der Waals surface area contributed by atoms with Crippen LogP contribution in [0.5, 0.6) is 0 Å². The maximum atomic E-state index is 11.2. The number of alkyl halides is 1. The first-order valence-corrected chi connectivity index (χ1v) is 20.1. The molecule has 51 heavy (non-hydrogen) atoms. The van der Waals surface area contributed by atoms with Crippen molar-refractivity contribution >= 4 is 28.6 Å². The van der Waals surface area contributed by atoms with Gasteiger partial charge in [-0.05, 0) is 24.2 Å². The fraction of sp³-hybridized carbons (Fsp3) is 0.971. The van der Waals surface area contributed by atoms with Crippen LogP contribution in [0.1, 0.15) is 39.0 Å². The molecule has 0 heterocycles. The molecule has 0 aliphatic heterocycles. The molecule has 0 aromatic carbocycles. The normalized spacial score (nSPS) is 11.5. The summed E-state index contributed by atoms with van der Waals surface area (Å²) in [4.78, 5) is 11.2. The largest absolute Gasteiger partial charge is 0.466 e. The number of unbranched alkanes of at least 4 members (excludes halogenated alkanes) is 3. The van der Waals surface area contributed by atoms with Crippen molar-refractivity contribution in [1.29, 1.82) is 0 Å². The quantitative estimate of drug-likeness (QED) is 0.0382. The van der Waals surface area contributed by atoms with Gasteiger partial charge >= 0.3 is 5.97 Å². The minimum absolute atomic E-state index is 0.251. The van der Waals surface area contributed by atoms with Gasteiger partial charge < -0.3 is 66.3 Å². The fourth-order valence-electron chi connectivity index (χ4n) is 3.78. The van der Waals surface area contributed by atoms with Crippen molar-refractivity contribution in [3.8, 4) is 0 Å². The van der Waals surface area contributed by atoms with Crippen LogP contribution in [-0.2, 0) is 71.1 Å². The second-order valence-corrected chi connectivity index (χ2v) is 11.7. The van der Waals surface area contributed by atoms with Gasteiger partial charge in [0.2, 0.25) is 0 Å². The van der Waals surface area contributed by atoms with Crippen molar-refractivity contribution in [2.75, 3.05) is 183 Å². The average Bonchev–Trinajstić information content (AvgIpc) is 3.13. The summed E-state index contributed by atoms with van der Waals surface area (Å²) in [6.45, 7) is 15.6. The molecule has 0 spiro atoms. The van der Waals surface area contributed by atoms with Crippen LogP contribution in [0, 0.1) is 0 Å². The number of hydrogen-bond donors (Lipinski definition) is 0.